The van der Waals surface area contributed by atoms with Crippen molar-refractivity contribution in [1.82, 2.24) is 14.5 Å². The Bertz CT molecular complexity index is 2680. The van der Waals surface area contributed by atoms with Gasteiger partial charge in [0.2, 0.25) is 0 Å². The van der Waals surface area contributed by atoms with E-state index in [9.17, 15) is 18.7 Å². The molecule has 0 aliphatic carbocycles. The van der Waals surface area contributed by atoms with E-state index >= 15 is 0 Å². The van der Waals surface area contributed by atoms with Gasteiger partial charge in [-0.05, 0) is 155 Å². The van der Waals surface area contributed by atoms with Crippen LogP contribution in [0.5, 0.6) is 0 Å². The number of hydrogen-bond acceptors (Lipinski definition) is 6. The van der Waals surface area contributed by atoms with E-state index in [2.05, 4.69) is 46.2 Å². The van der Waals surface area contributed by atoms with Gasteiger partial charge in [-0.1, -0.05) is 30.3 Å². The van der Waals surface area contributed by atoms with Crippen molar-refractivity contribution in [3.8, 4) is 22.3 Å². The van der Waals surface area contributed by atoms with E-state index in [-0.39, 0.29) is 23.2 Å². The molecule has 0 bridgehead atoms. The molecule has 4 aromatic carbocycles. The molecule has 1 N–H and O–H groups in total. The van der Waals surface area contributed by atoms with Crippen LogP contribution in [0.2, 0.25) is 0 Å². The van der Waals surface area contributed by atoms with Crippen LogP contribution in [0.3, 0.4) is 0 Å². The number of anilines is 2. The lowest BCUT2D eigenvalue weighted by Gasteiger charge is -2.29. The summed E-state index contributed by atoms with van der Waals surface area (Å²) in [5, 5.41) is 12.5. The van der Waals surface area contributed by atoms with Crippen LogP contribution >= 0.6 is 0 Å². The summed E-state index contributed by atoms with van der Waals surface area (Å²) in [5.41, 5.74) is 11.4. The Labute approximate surface area is 351 Å². The Morgan fingerprint density at radius 1 is 0.583 bits per heavy atom. The van der Waals surface area contributed by atoms with Crippen LogP contribution in [0, 0.1) is 25.5 Å². The Morgan fingerprint density at radius 2 is 1.03 bits per heavy atom. The summed E-state index contributed by atoms with van der Waals surface area (Å²) in [5.74, 6) is -0.529. The molecule has 3 aromatic heterocycles. The van der Waals surface area contributed by atoms with E-state index in [0.29, 0.717) is 0 Å². The molecule has 0 spiro atoms. The molecule has 2 saturated heterocycles. The van der Waals surface area contributed by atoms with Gasteiger partial charge in [-0.15, -0.1) is 0 Å². The maximum atomic E-state index is 13.8. The highest BCUT2D eigenvalue weighted by atomic mass is 19.1. The highest BCUT2D eigenvalue weighted by molar-refractivity contribution is 6.00. The smallest absolute Gasteiger partial charge is 0.251 e. The van der Waals surface area contributed by atoms with Gasteiger partial charge in [0.1, 0.15) is 11.6 Å². The number of aliphatic hydroxyl groups excluding tert-OH is 1. The van der Waals surface area contributed by atoms with Crippen molar-refractivity contribution in [2.75, 3.05) is 36.0 Å². The SMILES string of the molecule is Cc1nc2ccc(N3CCCCC3)cc2c(-c2ccc(F)cc2)c1C(C)O.Cc1nc2ccc(N3CCCCC3)cc2c(-c2ccc(F)cc2)c1C(C)n1ccccc1=O. The first-order valence-corrected chi connectivity index (χ1v) is 21.3. The van der Waals surface area contributed by atoms with Crippen molar-refractivity contribution in [2.24, 2.45) is 0 Å². The molecule has 0 radical (unpaired) electrons. The van der Waals surface area contributed by atoms with E-state index in [1.165, 1.54) is 74.2 Å². The molecule has 2 unspecified atom stereocenters. The third-order valence-electron chi connectivity index (χ3n) is 12.2. The van der Waals surface area contributed by atoms with Gasteiger partial charge < -0.3 is 19.5 Å². The lowest BCUT2D eigenvalue weighted by atomic mass is 9.90. The van der Waals surface area contributed by atoms with E-state index in [4.69, 9.17) is 9.97 Å². The van der Waals surface area contributed by atoms with Gasteiger partial charge in [0.25, 0.3) is 5.56 Å². The molecule has 0 amide bonds. The molecular weight excluding hydrogens is 753 g/mol. The molecule has 5 heterocycles. The van der Waals surface area contributed by atoms with Crippen molar-refractivity contribution >= 4 is 33.2 Å². The standard InChI is InChI=1S/C28H28FN3O.C23H25FN2O/c1-19-27(20(2)32-17-7-4-8-26(32)33)28(21-9-11-22(29)12-10-21)24-18-23(13-14-25(24)30-19)31-15-5-3-6-16-31;1-15-22(16(2)27)23(17-6-8-18(24)9-7-17)20-14-19(10-11-21(20)25-15)26-12-4-3-5-13-26/h4,7-14,17-18,20H,3,5-6,15-16H2,1-2H3;6-11,14,16,27H,3-5,12-13H2,1-2H3. The second-order valence-electron chi connectivity index (χ2n) is 16.3. The zero-order valence-electron chi connectivity index (χ0n) is 35.0. The topological polar surface area (TPSA) is 74.5 Å². The third-order valence-corrected chi connectivity index (χ3v) is 12.2. The number of fused-ring (bicyclic) bond motifs is 2. The molecule has 2 atom stereocenters. The first kappa shape index (κ1) is 40.8. The molecule has 2 fully saturated rings. The maximum Gasteiger partial charge on any atom is 0.251 e. The Hall–Kier alpha value is -5.93. The van der Waals surface area contributed by atoms with Crippen molar-refractivity contribution in [3.05, 3.63) is 154 Å². The number of aryl methyl sites for hydroxylation is 2. The predicted molar refractivity (Wildman–Crippen MR) is 241 cm³/mol. The Balaban J connectivity index is 0.000000170. The first-order valence-electron chi connectivity index (χ1n) is 21.3. The fourth-order valence-corrected chi connectivity index (χ4v) is 9.25. The Morgan fingerprint density at radius 3 is 1.48 bits per heavy atom. The fraction of sp³-hybridized carbons (Fsp3) is 0.314. The normalized spacial score (nSPS) is 15.4. The van der Waals surface area contributed by atoms with Gasteiger partial charge in [0.05, 0.1) is 23.2 Å². The number of nitrogens with zero attached hydrogens (tertiary/aromatic N) is 5. The highest BCUT2D eigenvalue weighted by Crippen LogP contribution is 2.40. The van der Waals surface area contributed by atoms with Gasteiger partial charge in [0.15, 0.2) is 0 Å². The van der Waals surface area contributed by atoms with E-state index in [1.54, 1.807) is 35.8 Å². The minimum Gasteiger partial charge on any atom is -0.389 e. The minimum absolute atomic E-state index is 0.0587. The summed E-state index contributed by atoms with van der Waals surface area (Å²) in [6.07, 6.45) is 8.57. The maximum absolute atomic E-state index is 13.8. The second-order valence-corrected chi connectivity index (χ2v) is 16.3. The third kappa shape index (κ3) is 8.41. The van der Waals surface area contributed by atoms with Gasteiger partial charge in [0, 0.05) is 83.1 Å². The van der Waals surface area contributed by atoms with Crippen LogP contribution in [-0.2, 0) is 0 Å². The van der Waals surface area contributed by atoms with Crippen molar-refractivity contribution in [3.63, 3.8) is 0 Å². The molecule has 9 rings (SSSR count). The van der Waals surface area contributed by atoms with Gasteiger partial charge in [-0.3, -0.25) is 14.8 Å². The number of benzene rings is 4. The summed E-state index contributed by atoms with van der Waals surface area (Å²) in [7, 11) is 0. The van der Waals surface area contributed by atoms with Crippen molar-refractivity contribution in [1.29, 1.82) is 0 Å². The fourth-order valence-electron chi connectivity index (χ4n) is 9.25. The predicted octanol–water partition coefficient (Wildman–Crippen LogP) is 11.5. The van der Waals surface area contributed by atoms with Gasteiger partial charge >= 0.3 is 0 Å². The summed E-state index contributed by atoms with van der Waals surface area (Å²) in [4.78, 5) is 27.2. The number of aromatic nitrogens is 3. The van der Waals surface area contributed by atoms with Crippen LogP contribution in [0.1, 0.15) is 87.0 Å². The quantitative estimate of drug-likeness (QED) is 0.173. The van der Waals surface area contributed by atoms with Gasteiger partial charge in [-0.25, -0.2) is 8.78 Å². The zero-order chi connectivity index (χ0) is 41.9. The number of rotatable bonds is 7. The number of piperidine rings is 2. The molecule has 2 aliphatic heterocycles. The number of hydrogen-bond donors (Lipinski definition) is 1. The second kappa shape index (κ2) is 17.7. The van der Waals surface area contributed by atoms with Crippen LogP contribution in [0.4, 0.5) is 20.2 Å². The number of aliphatic hydroxyl groups is 1. The summed E-state index contributed by atoms with van der Waals surface area (Å²) < 4.78 is 29.0. The summed E-state index contributed by atoms with van der Waals surface area (Å²) >= 11 is 0. The summed E-state index contributed by atoms with van der Waals surface area (Å²) in [6.45, 7) is 12.0. The zero-order valence-corrected chi connectivity index (χ0v) is 35.0. The lowest BCUT2D eigenvalue weighted by molar-refractivity contribution is 0.199. The molecule has 2 aliphatic rings. The van der Waals surface area contributed by atoms with Gasteiger partial charge in [-0.2, -0.15) is 0 Å². The van der Waals surface area contributed by atoms with E-state index in [0.717, 1.165) is 92.8 Å². The molecule has 9 heteroatoms. The minimum atomic E-state index is -0.652. The monoisotopic (exact) mass is 805 g/mol. The number of halogens is 2. The largest absolute Gasteiger partial charge is 0.389 e. The lowest BCUT2D eigenvalue weighted by Crippen LogP contribution is -2.29. The molecule has 7 aromatic rings. The van der Waals surface area contributed by atoms with Crippen LogP contribution in [-0.4, -0.2) is 45.8 Å². The van der Waals surface area contributed by atoms with Crippen molar-refractivity contribution in [2.45, 2.75) is 78.4 Å². The molecule has 60 heavy (non-hydrogen) atoms. The van der Waals surface area contributed by atoms with Crippen molar-refractivity contribution < 1.29 is 13.9 Å². The first-order chi connectivity index (χ1) is 29.1. The van der Waals surface area contributed by atoms with Crippen LogP contribution in [0.15, 0.2) is 114 Å². The average molecular weight is 806 g/mol. The molecule has 7 nitrogen and oxygen atoms in total. The molecule has 0 saturated carbocycles. The molecule has 308 valence electrons. The number of pyridine rings is 3. The average Bonchev–Trinajstić information content (AvgIpc) is 3.26. The highest BCUT2D eigenvalue weighted by Gasteiger charge is 2.23. The van der Waals surface area contributed by atoms with E-state index < -0.39 is 6.10 Å². The molecular formula is C51H53F2N5O2. The van der Waals surface area contributed by atoms with Crippen LogP contribution in [0.25, 0.3) is 44.1 Å². The van der Waals surface area contributed by atoms with E-state index in [1.807, 2.05) is 45.2 Å². The van der Waals surface area contributed by atoms with Crippen LogP contribution < -0.4 is 15.4 Å². The Kier molecular flexibility index (Phi) is 12.1. The summed E-state index contributed by atoms with van der Waals surface area (Å²) in [6, 6.07) is 30.9.